The van der Waals surface area contributed by atoms with Crippen molar-refractivity contribution in [2.45, 2.75) is 38.0 Å². The minimum Gasteiger partial charge on any atom is -0.466 e. The van der Waals surface area contributed by atoms with Crippen LogP contribution in [-0.4, -0.2) is 47.7 Å². The number of hydrogen-bond donors (Lipinski definition) is 3. The molecule has 0 bridgehead atoms. The Morgan fingerprint density at radius 3 is 1.77 bits per heavy atom. The molecule has 0 radical (unpaired) electrons. The first-order valence-electron chi connectivity index (χ1n) is 10.4. The number of halogens is 2. The van der Waals surface area contributed by atoms with Gasteiger partial charge >= 0.3 is 5.97 Å². The second-order valence-electron chi connectivity index (χ2n) is 7.85. The maximum Gasteiger partial charge on any atom is 0.305 e. The molecule has 0 unspecified atom stereocenters. The second-order valence-corrected chi connectivity index (χ2v) is 7.85. The van der Waals surface area contributed by atoms with Crippen molar-refractivity contribution >= 4 is 5.97 Å². The molecule has 170 valence electrons. The molecular formula is C24H30F2O5. The molecule has 0 spiro atoms. The van der Waals surface area contributed by atoms with E-state index in [2.05, 4.69) is 0 Å². The van der Waals surface area contributed by atoms with Crippen LogP contribution in [0.2, 0.25) is 0 Å². The number of esters is 1. The van der Waals surface area contributed by atoms with Crippen LogP contribution in [0, 0.1) is 17.0 Å². The summed E-state index contributed by atoms with van der Waals surface area (Å²) >= 11 is 0. The largest absolute Gasteiger partial charge is 0.466 e. The van der Waals surface area contributed by atoms with Gasteiger partial charge in [0.15, 0.2) is 0 Å². The third-order valence-corrected chi connectivity index (χ3v) is 5.54. The van der Waals surface area contributed by atoms with Gasteiger partial charge in [0.2, 0.25) is 0 Å². The second kappa shape index (κ2) is 12.5. The van der Waals surface area contributed by atoms with Gasteiger partial charge in [0.25, 0.3) is 0 Å². The first-order chi connectivity index (χ1) is 14.9. The highest BCUT2D eigenvalue weighted by molar-refractivity contribution is 5.69. The normalized spacial score (nSPS) is 11.7. The van der Waals surface area contributed by atoms with Gasteiger partial charge in [-0.3, -0.25) is 4.79 Å². The molecule has 3 N–H and O–H groups in total. The summed E-state index contributed by atoms with van der Waals surface area (Å²) in [6.07, 6.45) is 2.02. The van der Waals surface area contributed by atoms with Gasteiger partial charge in [0.1, 0.15) is 11.6 Å². The van der Waals surface area contributed by atoms with Crippen LogP contribution in [0.15, 0.2) is 48.5 Å². The Bertz CT molecular complexity index is 735. The fourth-order valence-corrected chi connectivity index (χ4v) is 3.46. The lowest BCUT2D eigenvalue weighted by Crippen LogP contribution is -2.34. The van der Waals surface area contributed by atoms with Crippen LogP contribution < -0.4 is 0 Å². The molecule has 0 amide bonds. The SMILES string of the molecule is O=C(CCCC(CO)(CO)CO)OCCCC(c1ccc(F)cc1)c1ccc(F)cc1. The molecule has 31 heavy (non-hydrogen) atoms. The average molecular weight is 436 g/mol. The van der Waals surface area contributed by atoms with Crippen molar-refractivity contribution in [2.24, 2.45) is 5.41 Å². The Hall–Kier alpha value is -2.35. The van der Waals surface area contributed by atoms with Gasteiger partial charge in [-0.2, -0.15) is 0 Å². The van der Waals surface area contributed by atoms with Gasteiger partial charge in [0, 0.05) is 17.8 Å². The molecular weight excluding hydrogens is 406 g/mol. The number of benzene rings is 2. The number of aliphatic hydroxyl groups is 3. The van der Waals surface area contributed by atoms with Crippen LogP contribution in [0.25, 0.3) is 0 Å². The fourth-order valence-electron chi connectivity index (χ4n) is 3.46. The van der Waals surface area contributed by atoms with Gasteiger partial charge < -0.3 is 20.1 Å². The van der Waals surface area contributed by atoms with E-state index in [1.54, 1.807) is 24.3 Å². The summed E-state index contributed by atoms with van der Waals surface area (Å²) in [5.41, 5.74) is 0.804. The Morgan fingerprint density at radius 2 is 1.32 bits per heavy atom. The lowest BCUT2D eigenvalue weighted by Gasteiger charge is -2.26. The van der Waals surface area contributed by atoms with Crippen molar-refractivity contribution in [3.63, 3.8) is 0 Å². The molecule has 0 atom stereocenters. The standard InChI is InChI=1S/C24H30F2O5/c25-20-9-5-18(6-10-20)22(19-7-11-21(26)12-8-19)3-2-14-31-23(30)4-1-13-24(15-27,16-28)17-29/h5-12,22,27-29H,1-4,13-17H2. The van der Waals surface area contributed by atoms with Crippen LogP contribution in [0.3, 0.4) is 0 Å². The summed E-state index contributed by atoms with van der Waals surface area (Å²) in [5, 5.41) is 27.9. The number of ether oxygens (including phenoxy) is 1. The zero-order chi connectivity index (χ0) is 22.7. The van der Waals surface area contributed by atoms with E-state index in [1.165, 1.54) is 24.3 Å². The zero-order valence-electron chi connectivity index (χ0n) is 17.5. The minimum atomic E-state index is -0.988. The van der Waals surface area contributed by atoms with Crippen LogP contribution in [-0.2, 0) is 9.53 Å². The third-order valence-electron chi connectivity index (χ3n) is 5.54. The predicted octanol–water partition coefficient (Wildman–Crippen LogP) is 3.55. The zero-order valence-corrected chi connectivity index (χ0v) is 17.5. The minimum absolute atomic E-state index is 0.0841. The van der Waals surface area contributed by atoms with Crippen LogP contribution in [0.4, 0.5) is 8.78 Å². The monoisotopic (exact) mass is 436 g/mol. The summed E-state index contributed by atoms with van der Waals surface area (Å²) in [5.74, 6) is -1.13. The molecule has 0 fully saturated rings. The molecule has 2 aromatic rings. The van der Waals surface area contributed by atoms with E-state index in [0.29, 0.717) is 25.7 Å². The number of carbonyl (C=O) groups is 1. The Morgan fingerprint density at radius 1 is 0.839 bits per heavy atom. The first-order valence-corrected chi connectivity index (χ1v) is 10.4. The van der Waals surface area contributed by atoms with Crippen molar-refractivity contribution in [1.82, 2.24) is 0 Å². The summed E-state index contributed by atoms with van der Waals surface area (Å²) in [6, 6.07) is 12.3. The maximum atomic E-state index is 13.3. The molecule has 5 nitrogen and oxygen atoms in total. The Labute approximate surface area is 181 Å². The van der Waals surface area contributed by atoms with Crippen LogP contribution in [0.1, 0.15) is 49.1 Å². The quantitative estimate of drug-likeness (QED) is 0.330. The number of rotatable bonds is 13. The van der Waals surface area contributed by atoms with E-state index in [0.717, 1.165) is 11.1 Å². The molecule has 0 aromatic heterocycles. The van der Waals surface area contributed by atoms with E-state index < -0.39 is 5.41 Å². The van der Waals surface area contributed by atoms with Crippen molar-refractivity contribution in [3.8, 4) is 0 Å². The lowest BCUT2D eigenvalue weighted by molar-refractivity contribution is -0.144. The summed E-state index contributed by atoms with van der Waals surface area (Å²) in [7, 11) is 0. The molecule has 0 aliphatic rings. The fraction of sp³-hybridized carbons (Fsp3) is 0.458. The van der Waals surface area contributed by atoms with Gasteiger partial charge in [-0.15, -0.1) is 0 Å². The summed E-state index contributed by atoms with van der Waals surface area (Å²) < 4.78 is 31.9. The average Bonchev–Trinajstić information content (AvgIpc) is 2.79. The number of hydrogen-bond acceptors (Lipinski definition) is 5. The molecule has 2 aromatic carbocycles. The van der Waals surface area contributed by atoms with Crippen molar-refractivity contribution in [1.29, 1.82) is 0 Å². The molecule has 0 saturated carbocycles. The van der Waals surface area contributed by atoms with Gasteiger partial charge in [0.05, 0.1) is 26.4 Å². The number of aliphatic hydroxyl groups excluding tert-OH is 3. The Kier molecular flexibility index (Phi) is 10.0. The van der Waals surface area contributed by atoms with Crippen molar-refractivity contribution in [2.75, 3.05) is 26.4 Å². The molecule has 0 heterocycles. The highest BCUT2D eigenvalue weighted by atomic mass is 19.1. The maximum absolute atomic E-state index is 13.3. The van der Waals surface area contributed by atoms with E-state index >= 15 is 0 Å². The third kappa shape index (κ3) is 7.69. The first kappa shape index (κ1) is 24.9. The number of carbonyl (C=O) groups excluding carboxylic acids is 1. The highest BCUT2D eigenvalue weighted by Crippen LogP contribution is 2.30. The highest BCUT2D eigenvalue weighted by Gasteiger charge is 2.27. The topological polar surface area (TPSA) is 87.0 Å². The molecule has 0 aliphatic heterocycles. The van der Waals surface area contributed by atoms with E-state index in [1.807, 2.05) is 0 Å². The van der Waals surface area contributed by atoms with E-state index in [-0.39, 0.29) is 56.4 Å². The van der Waals surface area contributed by atoms with Gasteiger partial charge in [-0.1, -0.05) is 24.3 Å². The molecule has 0 aliphatic carbocycles. The molecule has 7 heteroatoms. The predicted molar refractivity (Wildman–Crippen MR) is 112 cm³/mol. The van der Waals surface area contributed by atoms with Crippen molar-refractivity contribution < 1.29 is 33.6 Å². The van der Waals surface area contributed by atoms with Gasteiger partial charge in [-0.25, -0.2) is 8.78 Å². The summed E-state index contributed by atoms with van der Waals surface area (Å²) in [4.78, 5) is 12.0. The van der Waals surface area contributed by atoms with Crippen molar-refractivity contribution in [3.05, 3.63) is 71.3 Å². The van der Waals surface area contributed by atoms with Gasteiger partial charge in [-0.05, 0) is 61.1 Å². The van der Waals surface area contributed by atoms with E-state index in [9.17, 15) is 28.9 Å². The molecule has 0 saturated heterocycles. The van der Waals surface area contributed by atoms with E-state index in [4.69, 9.17) is 4.74 Å². The summed E-state index contributed by atoms with van der Waals surface area (Å²) in [6.45, 7) is -0.863. The van der Waals surface area contributed by atoms with Crippen LogP contribution in [0.5, 0.6) is 0 Å². The Balaban J connectivity index is 1.85. The smallest absolute Gasteiger partial charge is 0.305 e. The lowest BCUT2D eigenvalue weighted by atomic mass is 9.85. The molecule has 2 rings (SSSR count). The van der Waals surface area contributed by atoms with Crippen LogP contribution >= 0.6 is 0 Å².